The first kappa shape index (κ1) is 39.7. The van der Waals surface area contributed by atoms with Crippen LogP contribution in [0.4, 0.5) is 5.69 Å². The molecule has 1 saturated heterocycles. The van der Waals surface area contributed by atoms with Crippen LogP contribution >= 0.6 is 0 Å². The van der Waals surface area contributed by atoms with Gasteiger partial charge >= 0.3 is 0 Å². The second kappa shape index (κ2) is 19.0. The molecule has 0 aliphatic carbocycles. The highest BCUT2D eigenvalue weighted by atomic mass is 16.5. The van der Waals surface area contributed by atoms with E-state index in [2.05, 4.69) is 78.2 Å². The Balaban J connectivity index is 0.893. The Morgan fingerprint density at radius 1 is 0.786 bits per heavy atom. The number of unbranched alkanes of at least 4 members (excludes halogenated alkanes) is 4. The molecule has 4 aromatic rings. The van der Waals surface area contributed by atoms with E-state index in [0.717, 1.165) is 54.7 Å². The number of fused-ring (bicyclic) bond motifs is 1. The zero-order chi connectivity index (χ0) is 39.4. The third-order valence-corrected chi connectivity index (χ3v) is 10.5. The summed E-state index contributed by atoms with van der Waals surface area (Å²) in [4.78, 5) is 65.8. The van der Waals surface area contributed by atoms with Crippen LogP contribution < -0.4 is 15.4 Å². The molecule has 2 aliphatic heterocycles. The van der Waals surface area contributed by atoms with E-state index >= 15 is 0 Å². The Morgan fingerprint density at radius 2 is 1.45 bits per heavy atom. The second-order valence-electron chi connectivity index (χ2n) is 14.2. The quantitative estimate of drug-likeness (QED) is 0.0605. The monoisotopic (exact) mass is 754 g/mol. The molecule has 2 heterocycles. The molecule has 0 bridgehead atoms. The summed E-state index contributed by atoms with van der Waals surface area (Å²) in [6.07, 6.45) is 6.08. The van der Waals surface area contributed by atoms with Gasteiger partial charge in [-0.2, -0.15) is 0 Å². The van der Waals surface area contributed by atoms with Crippen LogP contribution in [0.2, 0.25) is 0 Å². The highest BCUT2D eigenvalue weighted by Crippen LogP contribution is 2.35. The topological polar surface area (TPSA) is 125 Å². The highest BCUT2D eigenvalue weighted by Gasteiger charge is 2.45. The van der Waals surface area contributed by atoms with Crippen LogP contribution in [0.1, 0.15) is 102 Å². The lowest BCUT2D eigenvalue weighted by Gasteiger charge is -2.27. The number of hydrogen-bond donors (Lipinski definition) is 2. The first-order valence-corrected chi connectivity index (χ1v) is 19.7. The maximum Gasteiger partial charge on any atom is 0.264 e. The van der Waals surface area contributed by atoms with E-state index in [1.54, 1.807) is 23.1 Å². The number of benzene rings is 4. The molecule has 1 fully saturated rings. The van der Waals surface area contributed by atoms with Gasteiger partial charge in [-0.05, 0) is 77.8 Å². The summed E-state index contributed by atoms with van der Waals surface area (Å²) in [5.74, 6) is -1.20. The molecule has 5 amide bonds. The predicted molar refractivity (Wildman–Crippen MR) is 218 cm³/mol. The molecule has 1 unspecified atom stereocenters. The van der Waals surface area contributed by atoms with E-state index in [4.69, 9.17) is 4.74 Å². The number of hydrogen-bond acceptors (Lipinski definition) is 7. The molecule has 0 spiro atoms. The number of anilines is 1. The van der Waals surface area contributed by atoms with Crippen LogP contribution in [0.3, 0.4) is 0 Å². The molecule has 10 heteroatoms. The first-order valence-electron chi connectivity index (χ1n) is 19.7. The van der Waals surface area contributed by atoms with Gasteiger partial charge < -0.3 is 15.0 Å². The SMILES string of the molecule is CCC(=C(c1ccccc1)c1ccc(OCCN(C)C(=O)CCCCCCCNc2cccc3c2C(=O)N(C2CCC(=O)NC2=O)C3=O)cc1)c1ccccc1. The smallest absolute Gasteiger partial charge is 0.264 e. The third-order valence-electron chi connectivity index (χ3n) is 10.5. The van der Waals surface area contributed by atoms with Gasteiger partial charge in [0.05, 0.1) is 17.7 Å². The lowest BCUT2D eigenvalue weighted by atomic mass is 9.88. The van der Waals surface area contributed by atoms with E-state index in [1.165, 1.54) is 22.3 Å². The van der Waals surface area contributed by atoms with Crippen LogP contribution in [0, 0.1) is 0 Å². The van der Waals surface area contributed by atoms with Crippen molar-refractivity contribution >= 4 is 46.4 Å². The average Bonchev–Trinajstić information content (AvgIpc) is 3.47. The van der Waals surface area contributed by atoms with Crippen LogP contribution in [-0.4, -0.2) is 72.1 Å². The van der Waals surface area contributed by atoms with Gasteiger partial charge in [-0.3, -0.25) is 34.2 Å². The number of carbonyl (C=O) groups excluding carboxylic acids is 5. The van der Waals surface area contributed by atoms with Gasteiger partial charge in [0.1, 0.15) is 18.4 Å². The lowest BCUT2D eigenvalue weighted by Crippen LogP contribution is -2.54. The van der Waals surface area contributed by atoms with Crippen molar-refractivity contribution in [1.82, 2.24) is 15.1 Å². The molecule has 2 N–H and O–H groups in total. The average molecular weight is 755 g/mol. The molecule has 4 aromatic carbocycles. The van der Waals surface area contributed by atoms with E-state index in [1.807, 2.05) is 31.3 Å². The number of allylic oxidation sites excluding steroid dienone is 1. The van der Waals surface area contributed by atoms with Gasteiger partial charge in [0.25, 0.3) is 11.8 Å². The number of nitrogens with one attached hydrogen (secondary N) is 2. The van der Waals surface area contributed by atoms with Crippen molar-refractivity contribution in [3.8, 4) is 5.75 Å². The Bertz CT molecular complexity index is 2060. The molecule has 2 aliphatic rings. The fourth-order valence-electron chi connectivity index (χ4n) is 7.44. The molecular formula is C46H50N4O6. The van der Waals surface area contributed by atoms with Gasteiger partial charge in [-0.1, -0.05) is 105 Å². The van der Waals surface area contributed by atoms with Crippen molar-refractivity contribution in [2.45, 2.75) is 70.8 Å². The molecular weight excluding hydrogens is 705 g/mol. The number of rotatable bonds is 18. The van der Waals surface area contributed by atoms with Crippen molar-refractivity contribution in [2.75, 3.05) is 32.1 Å². The number of amides is 5. The summed E-state index contributed by atoms with van der Waals surface area (Å²) in [5.41, 5.74) is 7.09. The van der Waals surface area contributed by atoms with Gasteiger partial charge in [0, 0.05) is 32.1 Å². The van der Waals surface area contributed by atoms with Crippen molar-refractivity contribution in [1.29, 1.82) is 0 Å². The zero-order valence-electron chi connectivity index (χ0n) is 32.2. The zero-order valence-corrected chi connectivity index (χ0v) is 32.2. The van der Waals surface area contributed by atoms with Gasteiger partial charge in [0.2, 0.25) is 17.7 Å². The first-order chi connectivity index (χ1) is 27.3. The van der Waals surface area contributed by atoms with Crippen LogP contribution in [0.15, 0.2) is 103 Å². The van der Waals surface area contributed by atoms with Crippen molar-refractivity contribution in [3.63, 3.8) is 0 Å². The molecule has 0 saturated carbocycles. The van der Waals surface area contributed by atoms with Gasteiger partial charge in [0.15, 0.2) is 0 Å². The number of nitrogens with zero attached hydrogens (tertiary/aromatic N) is 2. The van der Waals surface area contributed by atoms with E-state index < -0.39 is 29.7 Å². The Morgan fingerprint density at radius 3 is 2.14 bits per heavy atom. The Kier molecular flexibility index (Phi) is 13.5. The summed E-state index contributed by atoms with van der Waals surface area (Å²) < 4.78 is 6.05. The molecule has 290 valence electrons. The normalized spacial score (nSPS) is 15.6. The van der Waals surface area contributed by atoms with E-state index in [0.29, 0.717) is 31.8 Å². The molecule has 0 aromatic heterocycles. The van der Waals surface area contributed by atoms with Crippen LogP contribution in [0.25, 0.3) is 11.1 Å². The van der Waals surface area contributed by atoms with Crippen molar-refractivity contribution in [2.24, 2.45) is 0 Å². The number of likely N-dealkylation sites (N-methyl/N-ethyl adjacent to an activating group) is 1. The van der Waals surface area contributed by atoms with Gasteiger partial charge in [-0.25, -0.2) is 0 Å². The molecule has 0 radical (unpaired) electrons. The highest BCUT2D eigenvalue weighted by molar-refractivity contribution is 6.25. The number of ether oxygens (including phenoxy) is 1. The standard InChI is InChI=1S/C46H50N4O6/c1-3-36(32-16-9-7-10-17-32)42(33-18-11-8-12-19-33)34-23-25-35(26-24-34)56-31-30-49(2)41(52)22-13-5-4-6-14-29-47-38-21-15-20-37-43(38)46(55)50(45(37)54)39-27-28-40(51)48-44(39)53/h7-12,15-21,23-26,39,47H,3-6,13-14,22,27-31H2,1-2H3,(H,48,51,53). The Hall–Kier alpha value is -6.03. The minimum absolute atomic E-state index is 0.0795. The lowest BCUT2D eigenvalue weighted by molar-refractivity contribution is -0.136. The maximum atomic E-state index is 13.3. The van der Waals surface area contributed by atoms with E-state index in [-0.39, 0.29) is 29.9 Å². The minimum atomic E-state index is -0.992. The maximum absolute atomic E-state index is 13.3. The molecule has 1 atom stereocenters. The molecule has 6 rings (SSSR count). The van der Waals surface area contributed by atoms with E-state index in [9.17, 15) is 24.0 Å². The number of carbonyl (C=O) groups is 5. The van der Waals surface area contributed by atoms with Crippen LogP contribution in [-0.2, 0) is 14.4 Å². The third kappa shape index (κ3) is 9.42. The van der Waals surface area contributed by atoms with Crippen molar-refractivity contribution in [3.05, 3.63) is 131 Å². The minimum Gasteiger partial charge on any atom is -0.492 e. The predicted octanol–water partition coefficient (Wildman–Crippen LogP) is 7.75. The Labute approximate surface area is 328 Å². The summed E-state index contributed by atoms with van der Waals surface area (Å²) in [6.45, 7) is 3.70. The fourth-order valence-corrected chi connectivity index (χ4v) is 7.44. The molecule has 56 heavy (non-hydrogen) atoms. The largest absolute Gasteiger partial charge is 0.492 e. The second-order valence-corrected chi connectivity index (χ2v) is 14.2. The molecule has 10 nitrogen and oxygen atoms in total. The number of piperidine rings is 1. The number of imide groups is 2. The van der Waals surface area contributed by atoms with Crippen molar-refractivity contribution < 1.29 is 28.7 Å². The summed E-state index contributed by atoms with van der Waals surface area (Å²) >= 11 is 0. The fraction of sp³-hybridized carbons (Fsp3) is 0.326. The van der Waals surface area contributed by atoms with Crippen LogP contribution in [0.5, 0.6) is 5.75 Å². The van der Waals surface area contributed by atoms with Gasteiger partial charge in [-0.15, -0.1) is 0 Å². The summed E-state index contributed by atoms with van der Waals surface area (Å²) in [6, 6.07) is 33.3. The summed E-state index contributed by atoms with van der Waals surface area (Å²) in [7, 11) is 1.82. The summed E-state index contributed by atoms with van der Waals surface area (Å²) in [5, 5.41) is 5.52.